The Labute approximate surface area is 122 Å². The van der Waals surface area contributed by atoms with Crippen molar-refractivity contribution in [3.05, 3.63) is 70.7 Å². The fourth-order valence-electron chi connectivity index (χ4n) is 1.77. The van der Waals surface area contributed by atoms with Gasteiger partial charge in [0.1, 0.15) is 0 Å². The molecule has 4 heteroatoms. The molecular weight excluding hydrogens is 274 g/mol. The molecule has 0 heterocycles. The molecule has 0 fully saturated rings. The van der Waals surface area contributed by atoms with Crippen molar-refractivity contribution in [1.29, 1.82) is 0 Å². The SMILES string of the molecule is O=C(O)[C@H](Cc1ccccc1)N=Cc1ccc(Cl)cc1. The molecule has 2 rings (SSSR count). The van der Waals surface area contributed by atoms with Gasteiger partial charge in [-0.05, 0) is 23.3 Å². The van der Waals surface area contributed by atoms with Crippen LogP contribution in [0.2, 0.25) is 5.02 Å². The van der Waals surface area contributed by atoms with Crippen LogP contribution >= 0.6 is 11.6 Å². The molecule has 0 amide bonds. The van der Waals surface area contributed by atoms with Gasteiger partial charge in [-0.25, -0.2) is 4.79 Å². The van der Waals surface area contributed by atoms with Crippen molar-refractivity contribution in [3.63, 3.8) is 0 Å². The molecule has 1 atom stereocenters. The lowest BCUT2D eigenvalue weighted by molar-refractivity contribution is -0.138. The zero-order valence-corrected chi connectivity index (χ0v) is 11.5. The molecular formula is C16H14ClNO2. The first-order valence-corrected chi connectivity index (χ1v) is 6.58. The van der Waals surface area contributed by atoms with Crippen molar-refractivity contribution < 1.29 is 9.90 Å². The van der Waals surface area contributed by atoms with E-state index < -0.39 is 12.0 Å². The highest BCUT2D eigenvalue weighted by atomic mass is 35.5. The van der Waals surface area contributed by atoms with Crippen LogP contribution in [-0.2, 0) is 11.2 Å². The Morgan fingerprint density at radius 1 is 1.15 bits per heavy atom. The molecule has 0 aliphatic heterocycles. The summed E-state index contributed by atoms with van der Waals surface area (Å²) in [7, 11) is 0. The van der Waals surface area contributed by atoms with E-state index in [1.54, 1.807) is 30.5 Å². The van der Waals surface area contributed by atoms with Gasteiger partial charge >= 0.3 is 5.97 Å². The monoisotopic (exact) mass is 287 g/mol. The van der Waals surface area contributed by atoms with Gasteiger partial charge in [0.15, 0.2) is 6.04 Å². The Kier molecular flexibility index (Phi) is 4.91. The summed E-state index contributed by atoms with van der Waals surface area (Å²) < 4.78 is 0. The Balaban J connectivity index is 2.09. The summed E-state index contributed by atoms with van der Waals surface area (Å²) in [6, 6.07) is 15.8. The fourth-order valence-corrected chi connectivity index (χ4v) is 1.89. The second-order valence-electron chi connectivity index (χ2n) is 4.37. The minimum atomic E-state index is -0.931. The first-order valence-electron chi connectivity index (χ1n) is 6.20. The standard InChI is InChI=1S/C16H14ClNO2/c17-14-8-6-13(7-9-14)11-18-15(16(19)20)10-12-4-2-1-3-5-12/h1-9,11,15H,10H2,(H,19,20)/t15-/m0/s1. The van der Waals surface area contributed by atoms with Crippen molar-refractivity contribution in [2.24, 2.45) is 4.99 Å². The van der Waals surface area contributed by atoms with E-state index >= 15 is 0 Å². The summed E-state index contributed by atoms with van der Waals surface area (Å²) in [6.07, 6.45) is 1.94. The zero-order valence-electron chi connectivity index (χ0n) is 10.7. The number of hydrogen-bond donors (Lipinski definition) is 1. The Bertz CT molecular complexity index is 594. The van der Waals surface area contributed by atoms with E-state index in [0.717, 1.165) is 11.1 Å². The number of carbonyl (C=O) groups is 1. The van der Waals surface area contributed by atoms with Crippen LogP contribution < -0.4 is 0 Å². The van der Waals surface area contributed by atoms with Crippen molar-refractivity contribution >= 4 is 23.8 Å². The molecule has 0 unspecified atom stereocenters. The van der Waals surface area contributed by atoms with Gasteiger partial charge in [0.25, 0.3) is 0 Å². The van der Waals surface area contributed by atoms with Crippen LogP contribution in [0.15, 0.2) is 59.6 Å². The third kappa shape index (κ3) is 4.21. The average Bonchev–Trinajstić information content (AvgIpc) is 2.46. The van der Waals surface area contributed by atoms with Crippen LogP contribution in [0, 0.1) is 0 Å². The highest BCUT2D eigenvalue weighted by Crippen LogP contribution is 2.09. The van der Waals surface area contributed by atoms with E-state index in [2.05, 4.69) is 4.99 Å². The van der Waals surface area contributed by atoms with Gasteiger partial charge in [0.05, 0.1) is 0 Å². The summed E-state index contributed by atoms with van der Waals surface area (Å²) in [5.41, 5.74) is 1.78. The smallest absolute Gasteiger partial charge is 0.328 e. The molecule has 1 N–H and O–H groups in total. The first-order chi connectivity index (χ1) is 9.65. The Morgan fingerprint density at radius 3 is 2.40 bits per heavy atom. The number of carboxylic acid groups (broad SMARTS) is 1. The Morgan fingerprint density at radius 2 is 1.80 bits per heavy atom. The van der Waals surface area contributed by atoms with Crippen LogP contribution in [0.4, 0.5) is 0 Å². The summed E-state index contributed by atoms with van der Waals surface area (Å²) >= 11 is 5.79. The number of nitrogens with zero attached hydrogens (tertiary/aromatic N) is 1. The first kappa shape index (κ1) is 14.3. The molecule has 0 radical (unpaired) electrons. The van der Waals surface area contributed by atoms with Crippen LogP contribution in [0.5, 0.6) is 0 Å². The van der Waals surface area contributed by atoms with Gasteiger partial charge in [-0.3, -0.25) is 4.99 Å². The quantitative estimate of drug-likeness (QED) is 0.856. The maximum absolute atomic E-state index is 11.2. The number of aliphatic carboxylic acids is 1. The molecule has 0 saturated carbocycles. The molecule has 2 aromatic rings. The largest absolute Gasteiger partial charge is 0.480 e. The molecule has 102 valence electrons. The van der Waals surface area contributed by atoms with E-state index in [0.29, 0.717) is 11.4 Å². The minimum Gasteiger partial charge on any atom is -0.480 e. The molecule has 20 heavy (non-hydrogen) atoms. The lowest BCUT2D eigenvalue weighted by atomic mass is 10.1. The molecule has 0 bridgehead atoms. The summed E-state index contributed by atoms with van der Waals surface area (Å²) in [5.74, 6) is -0.931. The van der Waals surface area contributed by atoms with Crippen molar-refractivity contribution in [2.45, 2.75) is 12.5 Å². The summed E-state index contributed by atoms with van der Waals surface area (Å²) in [6.45, 7) is 0. The molecule has 0 saturated heterocycles. The summed E-state index contributed by atoms with van der Waals surface area (Å²) in [5, 5.41) is 9.86. The molecule has 0 aliphatic rings. The Hall–Kier alpha value is -2.13. The highest BCUT2D eigenvalue weighted by molar-refractivity contribution is 6.30. The van der Waals surface area contributed by atoms with Crippen molar-refractivity contribution in [1.82, 2.24) is 0 Å². The number of carboxylic acids is 1. The lowest BCUT2D eigenvalue weighted by Gasteiger charge is -2.07. The third-order valence-electron chi connectivity index (χ3n) is 2.83. The van der Waals surface area contributed by atoms with Gasteiger partial charge in [-0.15, -0.1) is 0 Å². The lowest BCUT2D eigenvalue weighted by Crippen LogP contribution is -2.20. The van der Waals surface area contributed by atoms with Gasteiger partial charge in [-0.1, -0.05) is 54.1 Å². The van der Waals surface area contributed by atoms with E-state index in [1.807, 2.05) is 30.3 Å². The second kappa shape index (κ2) is 6.87. The van der Waals surface area contributed by atoms with E-state index in [-0.39, 0.29) is 0 Å². The van der Waals surface area contributed by atoms with Gasteiger partial charge in [0, 0.05) is 17.7 Å². The maximum atomic E-state index is 11.2. The van der Waals surface area contributed by atoms with Gasteiger partial charge in [-0.2, -0.15) is 0 Å². The van der Waals surface area contributed by atoms with E-state index in [1.165, 1.54) is 0 Å². The fraction of sp³-hybridized carbons (Fsp3) is 0.125. The highest BCUT2D eigenvalue weighted by Gasteiger charge is 2.15. The van der Waals surface area contributed by atoms with Gasteiger partial charge in [0.2, 0.25) is 0 Å². The summed E-state index contributed by atoms with van der Waals surface area (Å²) in [4.78, 5) is 15.4. The minimum absolute atomic E-state index is 0.375. The third-order valence-corrected chi connectivity index (χ3v) is 3.08. The van der Waals surface area contributed by atoms with Crippen LogP contribution in [-0.4, -0.2) is 23.3 Å². The van der Waals surface area contributed by atoms with Crippen LogP contribution in [0.3, 0.4) is 0 Å². The molecule has 0 aromatic heterocycles. The van der Waals surface area contributed by atoms with Gasteiger partial charge < -0.3 is 5.11 Å². The van der Waals surface area contributed by atoms with Crippen LogP contribution in [0.25, 0.3) is 0 Å². The molecule has 3 nitrogen and oxygen atoms in total. The zero-order chi connectivity index (χ0) is 14.4. The normalized spacial score (nSPS) is 12.4. The number of halogens is 1. The van der Waals surface area contributed by atoms with Crippen molar-refractivity contribution in [3.8, 4) is 0 Å². The molecule has 0 aliphatic carbocycles. The van der Waals surface area contributed by atoms with Crippen LogP contribution in [0.1, 0.15) is 11.1 Å². The molecule has 0 spiro atoms. The number of rotatable bonds is 5. The van der Waals surface area contributed by atoms with E-state index in [9.17, 15) is 9.90 Å². The number of hydrogen-bond acceptors (Lipinski definition) is 2. The second-order valence-corrected chi connectivity index (χ2v) is 4.81. The average molecular weight is 288 g/mol. The number of aliphatic imine (C=N–C) groups is 1. The number of benzene rings is 2. The molecule has 2 aromatic carbocycles. The predicted molar refractivity (Wildman–Crippen MR) is 80.6 cm³/mol. The van der Waals surface area contributed by atoms with E-state index in [4.69, 9.17) is 11.6 Å². The topological polar surface area (TPSA) is 49.7 Å². The van der Waals surface area contributed by atoms with Crippen molar-refractivity contribution in [2.75, 3.05) is 0 Å². The maximum Gasteiger partial charge on any atom is 0.328 e. The predicted octanol–water partition coefficient (Wildman–Crippen LogP) is 3.45.